The number of carbonyl (C=O) groups excluding carboxylic acids is 1. The maximum Gasteiger partial charge on any atom is 0.237 e. The number of fused-ring (bicyclic) bond motifs is 1. The first-order chi connectivity index (χ1) is 14.1. The molecule has 4 aromatic rings. The fraction of sp³-hybridized carbons (Fsp3) is 0.167. The summed E-state index contributed by atoms with van der Waals surface area (Å²) in [6, 6.07) is 24.4. The molecule has 146 valence electrons. The van der Waals surface area contributed by atoms with Crippen molar-refractivity contribution in [2.24, 2.45) is 0 Å². The van der Waals surface area contributed by atoms with Crippen molar-refractivity contribution in [1.82, 2.24) is 4.98 Å². The standard InChI is InChI=1S/C24H22N2OS2/c1-16-8-13-21-22(14-16)29-24(26-21)19-9-11-20(12-10-19)25-23(27)17(2)28-15-18-6-4-3-5-7-18/h3-14,17H,15H2,1-2H3,(H,25,27)/t17-/m1/s1. The minimum atomic E-state index is -0.123. The molecule has 29 heavy (non-hydrogen) atoms. The van der Waals surface area contributed by atoms with Crippen LogP contribution in [-0.4, -0.2) is 16.1 Å². The minimum Gasteiger partial charge on any atom is -0.325 e. The summed E-state index contributed by atoms with van der Waals surface area (Å²) in [5, 5.41) is 3.89. The Morgan fingerprint density at radius 2 is 1.83 bits per heavy atom. The van der Waals surface area contributed by atoms with Gasteiger partial charge < -0.3 is 5.32 Å². The van der Waals surface area contributed by atoms with E-state index >= 15 is 0 Å². The van der Waals surface area contributed by atoms with E-state index in [2.05, 4.69) is 42.6 Å². The number of benzene rings is 3. The quantitative estimate of drug-likeness (QED) is 0.387. The molecule has 5 heteroatoms. The lowest BCUT2D eigenvalue weighted by atomic mass is 10.2. The first kappa shape index (κ1) is 19.7. The van der Waals surface area contributed by atoms with Crippen LogP contribution in [0.5, 0.6) is 0 Å². The molecule has 0 bridgehead atoms. The van der Waals surface area contributed by atoms with E-state index in [0.717, 1.165) is 27.5 Å². The first-order valence-electron chi connectivity index (χ1n) is 9.52. The predicted molar refractivity (Wildman–Crippen MR) is 126 cm³/mol. The largest absolute Gasteiger partial charge is 0.325 e. The highest BCUT2D eigenvalue weighted by molar-refractivity contribution is 7.99. The van der Waals surface area contributed by atoms with Crippen molar-refractivity contribution in [1.29, 1.82) is 0 Å². The van der Waals surface area contributed by atoms with E-state index in [4.69, 9.17) is 4.98 Å². The van der Waals surface area contributed by atoms with Gasteiger partial charge in [-0.25, -0.2) is 4.98 Å². The first-order valence-corrected chi connectivity index (χ1v) is 11.4. The lowest BCUT2D eigenvalue weighted by Crippen LogP contribution is -2.22. The van der Waals surface area contributed by atoms with Gasteiger partial charge in [-0.05, 0) is 61.4 Å². The number of thioether (sulfide) groups is 1. The van der Waals surface area contributed by atoms with E-state index in [1.165, 1.54) is 15.8 Å². The molecule has 0 radical (unpaired) electrons. The average Bonchev–Trinajstić information content (AvgIpc) is 3.16. The topological polar surface area (TPSA) is 42.0 Å². The number of amides is 1. The Labute approximate surface area is 179 Å². The molecule has 0 aliphatic rings. The monoisotopic (exact) mass is 418 g/mol. The third-order valence-electron chi connectivity index (χ3n) is 4.66. The highest BCUT2D eigenvalue weighted by Gasteiger charge is 2.14. The van der Waals surface area contributed by atoms with Crippen LogP contribution in [0.1, 0.15) is 18.1 Å². The molecule has 0 spiro atoms. The minimum absolute atomic E-state index is 0.0224. The van der Waals surface area contributed by atoms with Crippen LogP contribution in [0.15, 0.2) is 72.8 Å². The molecular formula is C24H22N2OS2. The van der Waals surface area contributed by atoms with E-state index in [0.29, 0.717) is 0 Å². The van der Waals surface area contributed by atoms with Crippen LogP contribution >= 0.6 is 23.1 Å². The molecule has 0 fully saturated rings. The van der Waals surface area contributed by atoms with Gasteiger partial charge in [0.2, 0.25) is 5.91 Å². The predicted octanol–water partition coefficient (Wildman–Crippen LogP) is 6.53. The maximum atomic E-state index is 12.5. The molecular weight excluding hydrogens is 396 g/mol. The Kier molecular flexibility index (Phi) is 5.97. The van der Waals surface area contributed by atoms with Crippen molar-refractivity contribution in [3.8, 4) is 10.6 Å². The van der Waals surface area contributed by atoms with Crippen molar-refractivity contribution in [3.63, 3.8) is 0 Å². The number of nitrogens with one attached hydrogen (secondary N) is 1. The van der Waals surface area contributed by atoms with Gasteiger partial charge in [-0.3, -0.25) is 4.79 Å². The molecule has 0 saturated carbocycles. The third-order valence-corrected chi connectivity index (χ3v) is 6.94. The number of aromatic nitrogens is 1. The number of anilines is 1. The van der Waals surface area contributed by atoms with Gasteiger partial charge in [-0.15, -0.1) is 23.1 Å². The number of aryl methyl sites for hydroxylation is 1. The van der Waals surface area contributed by atoms with Crippen LogP contribution in [0.3, 0.4) is 0 Å². The molecule has 4 rings (SSSR count). The highest BCUT2D eigenvalue weighted by atomic mass is 32.2. The van der Waals surface area contributed by atoms with Gasteiger partial charge in [0.15, 0.2) is 0 Å². The molecule has 1 atom stereocenters. The zero-order valence-electron chi connectivity index (χ0n) is 16.4. The van der Waals surface area contributed by atoms with Gasteiger partial charge in [0.05, 0.1) is 15.5 Å². The van der Waals surface area contributed by atoms with E-state index < -0.39 is 0 Å². The van der Waals surface area contributed by atoms with Crippen molar-refractivity contribution in [3.05, 3.63) is 83.9 Å². The van der Waals surface area contributed by atoms with Gasteiger partial charge in [0.25, 0.3) is 0 Å². The summed E-state index contributed by atoms with van der Waals surface area (Å²) in [6.07, 6.45) is 0. The molecule has 3 nitrogen and oxygen atoms in total. The molecule has 0 unspecified atom stereocenters. The lowest BCUT2D eigenvalue weighted by molar-refractivity contribution is -0.115. The molecule has 1 N–H and O–H groups in total. The van der Waals surface area contributed by atoms with Crippen LogP contribution in [0.25, 0.3) is 20.8 Å². The summed E-state index contributed by atoms with van der Waals surface area (Å²) in [4.78, 5) is 17.2. The van der Waals surface area contributed by atoms with Crippen LogP contribution in [0.4, 0.5) is 5.69 Å². The number of hydrogen-bond donors (Lipinski definition) is 1. The Balaban J connectivity index is 1.38. The van der Waals surface area contributed by atoms with Crippen molar-refractivity contribution in [2.75, 3.05) is 5.32 Å². The summed E-state index contributed by atoms with van der Waals surface area (Å²) >= 11 is 3.33. The van der Waals surface area contributed by atoms with Crippen LogP contribution in [-0.2, 0) is 10.5 Å². The number of carbonyl (C=O) groups is 1. The SMILES string of the molecule is Cc1ccc2nc(-c3ccc(NC(=O)[C@@H](C)SCc4ccccc4)cc3)sc2c1. The van der Waals surface area contributed by atoms with Gasteiger partial charge in [-0.2, -0.15) is 0 Å². The zero-order chi connectivity index (χ0) is 20.2. The molecule has 1 aromatic heterocycles. The molecule has 1 amide bonds. The van der Waals surface area contributed by atoms with E-state index in [9.17, 15) is 4.79 Å². The van der Waals surface area contributed by atoms with Crippen LogP contribution in [0.2, 0.25) is 0 Å². The Bertz CT molecular complexity index is 1120. The maximum absolute atomic E-state index is 12.5. The van der Waals surface area contributed by atoms with Crippen LogP contribution in [0, 0.1) is 6.92 Å². The zero-order valence-corrected chi connectivity index (χ0v) is 18.0. The summed E-state index contributed by atoms with van der Waals surface area (Å²) < 4.78 is 1.20. The summed E-state index contributed by atoms with van der Waals surface area (Å²) in [6.45, 7) is 4.04. The van der Waals surface area contributed by atoms with Gasteiger partial charge in [0.1, 0.15) is 5.01 Å². The molecule has 1 heterocycles. The van der Waals surface area contributed by atoms with Crippen molar-refractivity contribution in [2.45, 2.75) is 24.9 Å². The van der Waals surface area contributed by atoms with Gasteiger partial charge in [0, 0.05) is 17.0 Å². The average molecular weight is 419 g/mol. The lowest BCUT2D eigenvalue weighted by Gasteiger charge is -2.12. The second kappa shape index (κ2) is 8.80. The number of rotatable bonds is 6. The summed E-state index contributed by atoms with van der Waals surface area (Å²) in [5.41, 5.74) is 5.37. The molecule has 0 aliphatic heterocycles. The summed E-state index contributed by atoms with van der Waals surface area (Å²) in [5.74, 6) is 0.847. The summed E-state index contributed by atoms with van der Waals surface area (Å²) in [7, 11) is 0. The Morgan fingerprint density at radius 3 is 2.59 bits per heavy atom. The fourth-order valence-corrected chi connectivity index (χ4v) is 4.88. The number of hydrogen-bond acceptors (Lipinski definition) is 4. The second-order valence-electron chi connectivity index (χ2n) is 7.00. The molecule has 0 saturated heterocycles. The van der Waals surface area contributed by atoms with Gasteiger partial charge in [-0.1, -0.05) is 36.4 Å². The third kappa shape index (κ3) is 4.86. The fourth-order valence-electron chi connectivity index (χ4n) is 2.97. The van der Waals surface area contributed by atoms with E-state index in [1.807, 2.05) is 49.4 Å². The van der Waals surface area contributed by atoms with Crippen molar-refractivity contribution >= 4 is 44.9 Å². The Morgan fingerprint density at radius 1 is 1.07 bits per heavy atom. The van der Waals surface area contributed by atoms with Crippen molar-refractivity contribution < 1.29 is 4.79 Å². The normalized spacial score (nSPS) is 12.1. The van der Waals surface area contributed by atoms with Crippen LogP contribution < -0.4 is 5.32 Å². The number of thiazole rings is 1. The second-order valence-corrected chi connectivity index (χ2v) is 9.36. The highest BCUT2D eigenvalue weighted by Crippen LogP contribution is 2.31. The smallest absolute Gasteiger partial charge is 0.237 e. The van der Waals surface area contributed by atoms with Gasteiger partial charge >= 0.3 is 0 Å². The number of nitrogens with zero attached hydrogens (tertiary/aromatic N) is 1. The van der Waals surface area contributed by atoms with E-state index in [1.54, 1.807) is 23.1 Å². The molecule has 0 aliphatic carbocycles. The Hall–Kier alpha value is -2.63. The molecule has 3 aromatic carbocycles. The van der Waals surface area contributed by atoms with E-state index in [-0.39, 0.29) is 11.2 Å².